The Bertz CT molecular complexity index is 1160. The van der Waals surface area contributed by atoms with E-state index in [9.17, 15) is 14.4 Å². The van der Waals surface area contributed by atoms with Gasteiger partial charge in [-0.15, -0.1) is 0 Å². The fraction of sp³-hybridized carbons (Fsp3) is 0.250. The topological polar surface area (TPSA) is 87.7 Å². The van der Waals surface area contributed by atoms with Crippen molar-refractivity contribution in [2.45, 2.75) is 26.3 Å². The number of benzene rings is 3. The number of anilines is 2. The molecule has 3 aromatic rings. The third-order valence-corrected chi connectivity index (χ3v) is 5.97. The number of hydrogen-bond acceptors (Lipinski definition) is 4. The maximum atomic E-state index is 12.7. The molecule has 1 atom stereocenters. The number of amides is 3. The Morgan fingerprint density at radius 3 is 2.31 bits per heavy atom. The van der Waals surface area contributed by atoms with Crippen molar-refractivity contribution in [1.29, 1.82) is 0 Å². The highest BCUT2D eigenvalue weighted by Crippen LogP contribution is 2.27. The summed E-state index contributed by atoms with van der Waals surface area (Å²) in [5, 5.41) is 5.71. The third-order valence-electron chi connectivity index (χ3n) is 5.97. The molecule has 0 saturated carbocycles. The van der Waals surface area contributed by atoms with Crippen molar-refractivity contribution >= 4 is 29.1 Å². The molecular weight excluding hydrogens is 442 g/mol. The van der Waals surface area contributed by atoms with Crippen LogP contribution in [0.4, 0.5) is 11.4 Å². The molecule has 0 spiro atoms. The van der Waals surface area contributed by atoms with Crippen LogP contribution in [-0.4, -0.2) is 30.9 Å². The summed E-state index contributed by atoms with van der Waals surface area (Å²) >= 11 is 0. The van der Waals surface area contributed by atoms with Gasteiger partial charge in [-0.05, 0) is 53.9 Å². The largest absolute Gasteiger partial charge is 0.484 e. The minimum atomic E-state index is -0.393. The van der Waals surface area contributed by atoms with Gasteiger partial charge in [-0.1, -0.05) is 49.4 Å². The molecule has 180 valence electrons. The lowest BCUT2D eigenvalue weighted by molar-refractivity contribution is -0.126. The Kier molecular flexibility index (Phi) is 7.77. The quantitative estimate of drug-likeness (QED) is 0.495. The molecule has 7 heteroatoms. The Morgan fingerprint density at radius 1 is 0.943 bits per heavy atom. The van der Waals surface area contributed by atoms with Crippen molar-refractivity contribution in [2.24, 2.45) is 5.92 Å². The zero-order valence-electron chi connectivity index (χ0n) is 19.7. The van der Waals surface area contributed by atoms with Crippen molar-refractivity contribution in [1.82, 2.24) is 5.32 Å². The predicted octanol–water partition coefficient (Wildman–Crippen LogP) is 3.94. The van der Waals surface area contributed by atoms with E-state index < -0.39 is 5.92 Å². The van der Waals surface area contributed by atoms with Gasteiger partial charge in [-0.3, -0.25) is 14.4 Å². The van der Waals surface area contributed by atoms with Gasteiger partial charge in [0, 0.05) is 30.9 Å². The van der Waals surface area contributed by atoms with Crippen LogP contribution in [0.1, 0.15) is 24.5 Å². The average Bonchev–Trinajstić information content (AvgIpc) is 3.29. The van der Waals surface area contributed by atoms with Crippen LogP contribution >= 0.6 is 0 Å². The molecule has 1 fully saturated rings. The second-order valence-electron chi connectivity index (χ2n) is 8.49. The van der Waals surface area contributed by atoms with E-state index in [0.29, 0.717) is 30.2 Å². The number of nitrogens with one attached hydrogen (secondary N) is 2. The van der Waals surface area contributed by atoms with Gasteiger partial charge in [0.05, 0.1) is 5.92 Å². The van der Waals surface area contributed by atoms with Crippen molar-refractivity contribution < 1.29 is 19.1 Å². The molecule has 3 aromatic carbocycles. The Labute approximate surface area is 205 Å². The predicted molar refractivity (Wildman–Crippen MR) is 135 cm³/mol. The fourth-order valence-electron chi connectivity index (χ4n) is 3.95. The molecule has 2 N–H and O–H groups in total. The SMILES string of the molecule is CCc1ccc(CNC(=O)[C@H]2CC(=O)N(c3ccc(OCC(=O)Nc4ccccc4)cc3)C2)cc1. The smallest absolute Gasteiger partial charge is 0.262 e. The summed E-state index contributed by atoms with van der Waals surface area (Å²) in [7, 11) is 0. The maximum absolute atomic E-state index is 12.7. The monoisotopic (exact) mass is 471 g/mol. The van der Waals surface area contributed by atoms with Crippen molar-refractivity contribution in [3.63, 3.8) is 0 Å². The molecule has 0 unspecified atom stereocenters. The summed E-state index contributed by atoms with van der Waals surface area (Å²) in [6, 6.07) is 24.3. The minimum Gasteiger partial charge on any atom is -0.484 e. The highest BCUT2D eigenvalue weighted by molar-refractivity contribution is 6.00. The van der Waals surface area contributed by atoms with E-state index >= 15 is 0 Å². The van der Waals surface area contributed by atoms with E-state index in [4.69, 9.17) is 4.74 Å². The number of carbonyl (C=O) groups is 3. The highest BCUT2D eigenvalue weighted by Gasteiger charge is 2.35. The van der Waals surface area contributed by atoms with E-state index in [1.807, 2.05) is 30.3 Å². The first-order valence-corrected chi connectivity index (χ1v) is 11.8. The van der Waals surface area contributed by atoms with E-state index in [0.717, 1.165) is 12.0 Å². The van der Waals surface area contributed by atoms with Gasteiger partial charge in [0.1, 0.15) is 5.75 Å². The molecule has 1 heterocycles. The van der Waals surface area contributed by atoms with E-state index in [2.05, 4.69) is 29.7 Å². The molecule has 1 saturated heterocycles. The second-order valence-corrected chi connectivity index (χ2v) is 8.49. The zero-order valence-corrected chi connectivity index (χ0v) is 19.7. The molecular formula is C28H29N3O4. The molecule has 0 bridgehead atoms. The molecule has 0 aromatic heterocycles. The standard InChI is InChI=1S/C28H29N3O4/c1-2-20-8-10-21(11-9-20)17-29-28(34)22-16-27(33)31(18-22)24-12-14-25(15-13-24)35-19-26(32)30-23-6-4-3-5-7-23/h3-15,22H,2,16-19H2,1H3,(H,29,34)(H,30,32)/t22-/m0/s1. The molecule has 1 aliphatic rings. The first kappa shape index (κ1) is 24.0. The molecule has 3 amide bonds. The van der Waals surface area contributed by atoms with Crippen molar-refractivity contribution in [3.8, 4) is 5.75 Å². The molecule has 1 aliphatic heterocycles. The summed E-state index contributed by atoms with van der Waals surface area (Å²) in [6.07, 6.45) is 1.15. The Balaban J connectivity index is 1.26. The summed E-state index contributed by atoms with van der Waals surface area (Å²) in [6.45, 7) is 2.75. The summed E-state index contributed by atoms with van der Waals surface area (Å²) in [5.74, 6) is -0.342. The zero-order chi connectivity index (χ0) is 24.6. The Hall–Kier alpha value is -4.13. The maximum Gasteiger partial charge on any atom is 0.262 e. The number of ether oxygens (including phenoxy) is 1. The molecule has 0 aliphatic carbocycles. The number of rotatable bonds is 9. The second kappa shape index (κ2) is 11.3. The summed E-state index contributed by atoms with van der Waals surface area (Å²) < 4.78 is 5.55. The van der Waals surface area contributed by atoms with E-state index in [1.54, 1.807) is 41.3 Å². The number of para-hydroxylation sites is 1. The van der Waals surface area contributed by atoms with E-state index in [1.165, 1.54) is 5.56 Å². The van der Waals surface area contributed by atoms with Crippen LogP contribution in [0.3, 0.4) is 0 Å². The lowest BCUT2D eigenvalue weighted by atomic mass is 10.1. The summed E-state index contributed by atoms with van der Waals surface area (Å²) in [4.78, 5) is 38.9. The average molecular weight is 472 g/mol. The highest BCUT2D eigenvalue weighted by atomic mass is 16.5. The minimum absolute atomic E-state index is 0.0895. The molecule has 7 nitrogen and oxygen atoms in total. The van der Waals surface area contributed by atoms with Crippen molar-refractivity contribution in [3.05, 3.63) is 90.0 Å². The van der Waals surface area contributed by atoms with Gasteiger partial charge < -0.3 is 20.3 Å². The number of hydrogen-bond donors (Lipinski definition) is 2. The number of nitrogens with zero attached hydrogens (tertiary/aromatic N) is 1. The summed E-state index contributed by atoms with van der Waals surface area (Å²) in [5.41, 5.74) is 3.69. The van der Waals surface area contributed by atoms with Crippen LogP contribution in [0.2, 0.25) is 0 Å². The molecule has 4 rings (SSSR count). The lowest BCUT2D eigenvalue weighted by Crippen LogP contribution is -2.32. The van der Waals surface area contributed by atoms with Gasteiger partial charge in [0.15, 0.2) is 6.61 Å². The molecule has 0 radical (unpaired) electrons. The van der Waals surface area contributed by atoms with E-state index in [-0.39, 0.29) is 30.7 Å². The van der Waals surface area contributed by atoms with Crippen molar-refractivity contribution in [2.75, 3.05) is 23.4 Å². The van der Waals surface area contributed by atoms with Gasteiger partial charge in [0.25, 0.3) is 5.91 Å². The van der Waals surface area contributed by atoms with Crippen LogP contribution in [-0.2, 0) is 27.3 Å². The number of aryl methyl sites for hydroxylation is 1. The first-order valence-electron chi connectivity index (χ1n) is 11.8. The molecule has 35 heavy (non-hydrogen) atoms. The normalized spacial score (nSPS) is 15.1. The van der Waals surface area contributed by atoms with Gasteiger partial charge >= 0.3 is 0 Å². The number of carbonyl (C=O) groups excluding carboxylic acids is 3. The first-order chi connectivity index (χ1) is 17.0. The van der Waals surface area contributed by atoms with Crippen LogP contribution in [0.15, 0.2) is 78.9 Å². The van der Waals surface area contributed by atoms with Crippen LogP contribution < -0.4 is 20.3 Å². The van der Waals surface area contributed by atoms with Gasteiger partial charge in [-0.2, -0.15) is 0 Å². The fourth-order valence-corrected chi connectivity index (χ4v) is 3.95. The third kappa shape index (κ3) is 6.47. The lowest BCUT2D eigenvalue weighted by Gasteiger charge is -2.17. The van der Waals surface area contributed by atoms with Crippen LogP contribution in [0.5, 0.6) is 5.75 Å². The van der Waals surface area contributed by atoms with Crippen LogP contribution in [0.25, 0.3) is 0 Å². The Morgan fingerprint density at radius 2 is 1.63 bits per heavy atom. The van der Waals surface area contributed by atoms with Crippen LogP contribution in [0, 0.1) is 5.92 Å². The van der Waals surface area contributed by atoms with Gasteiger partial charge in [0.2, 0.25) is 11.8 Å². The van der Waals surface area contributed by atoms with Gasteiger partial charge in [-0.25, -0.2) is 0 Å².